The molecule has 130 valence electrons. The second kappa shape index (κ2) is 7.59. The maximum Gasteiger partial charge on any atom is 0.234 e. The summed E-state index contributed by atoms with van der Waals surface area (Å²) in [5, 5.41) is 6.81. The Labute approximate surface area is 140 Å². The first-order valence-corrected chi connectivity index (χ1v) is 8.11. The number of aromatic nitrogens is 2. The zero-order valence-electron chi connectivity index (χ0n) is 14.1. The van der Waals surface area contributed by atoms with Crippen molar-refractivity contribution in [2.75, 3.05) is 26.7 Å². The molecule has 3 heterocycles. The van der Waals surface area contributed by atoms with Gasteiger partial charge in [0.05, 0.1) is 25.9 Å². The van der Waals surface area contributed by atoms with Gasteiger partial charge in [-0.05, 0) is 25.6 Å². The predicted molar refractivity (Wildman–Crippen MR) is 85.9 cm³/mol. The van der Waals surface area contributed by atoms with E-state index < -0.39 is 0 Å². The highest BCUT2D eigenvalue weighted by Crippen LogP contribution is 2.15. The van der Waals surface area contributed by atoms with E-state index in [-0.39, 0.29) is 5.91 Å². The van der Waals surface area contributed by atoms with Crippen molar-refractivity contribution >= 4 is 5.91 Å². The Balaban J connectivity index is 1.40. The zero-order chi connectivity index (χ0) is 16.9. The lowest BCUT2D eigenvalue weighted by Crippen LogP contribution is -2.38. The largest absolute Gasteiger partial charge is 0.467 e. The third kappa shape index (κ3) is 4.42. The number of carbonyl (C=O) groups is 1. The van der Waals surface area contributed by atoms with Gasteiger partial charge in [-0.25, -0.2) is 0 Å². The number of rotatable bonds is 7. The molecule has 1 atom stereocenters. The number of likely N-dealkylation sites (tertiary alicyclic amines) is 1. The van der Waals surface area contributed by atoms with E-state index in [4.69, 9.17) is 8.94 Å². The van der Waals surface area contributed by atoms with Crippen LogP contribution in [0, 0.1) is 6.92 Å². The first kappa shape index (κ1) is 16.7. The Bertz CT molecular complexity index is 654. The summed E-state index contributed by atoms with van der Waals surface area (Å²) in [6.07, 6.45) is 2.63. The fourth-order valence-corrected chi connectivity index (χ4v) is 2.93. The summed E-state index contributed by atoms with van der Waals surface area (Å²) in [5.74, 6) is 2.06. The Hall–Kier alpha value is -2.19. The summed E-state index contributed by atoms with van der Waals surface area (Å²) >= 11 is 0. The molecule has 2 aromatic heterocycles. The van der Waals surface area contributed by atoms with Crippen LogP contribution < -0.4 is 5.32 Å². The molecule has 0 bridgehead atoms. The van der Waals surface area contributed by atoms with E-state index in [1.165, 1.54) is 0 Å². The molecule has 0 unspecified atom stereocenters. The van der Waals surface area contributed by atoms with E-state index in [1.54, 1.807) is 13.2 Å². The van der Waals surface area contributed by atoms with Crippen LogP contribution >= 0.6 is 0 Å². The Morgan fingerprint density at radius 1 is 1.54 bits per heavy atom. The monoisotopic (exact) mass is 333 g/mol. The molecule has 8 heteroatoms. The van der Waals surface area contributed by atoms with Crippen LogP contribution in [0.25, 0.3) is 0 Å². The summed E-state index contributed by atoms with van der Waals surface area (Å²) in [7, 11) is 2.05. The van der Waals surface area contributed by atoms with E-state index in [9.17, 15) is 4.79 Å². The molecule has 0 aliphatic carbocycles. The minimum Gasteiger partial charge on any atom is -0.467 e. The highest BCUT2D eigenvalue weighted by molar-refractivity contribution is 5.77. The lowest BCUT2D eigenvalue weighted by Gasteiger charge is -2.23. The molecule has 1 fully saturated rings. The van der Waals surface area contributed by atoms with Gasteiger partial charge >= 0.3 is 0 Å². The summed E-state index contributed by atoms with van der Waals surface area (Å²) in [4.78, 5) is 20.6. The van der Waals surface area contributed by atoms with Gasteiger partial charge in [0, 0.05) is 26.1 Å². The van der Waals surface area contributed by atoms with E-state index in [0.717, 1.165) is 25.3 Å². The average molecular weight is 333 g/mol. The third-order valence-corrected chi connectivity index (χ3v) is 4.24. The molecular formula is C16H23N5O3. The van der Waals surface area contributed by atoms with Gasteiger partial charge < -0.3 is 14.3 Å². The normalized spacial score (nSPS) is 18.4. The van der Waals surface area contributed by atoms with Crippen LogP contribution in [0.3, 0.4) is 0 Å². The SMILES string of the molecule is Cc1nc(CN(C)[C@@H]2CCN(CC(=O)NCc3ccco3)C2)no1. The van der Waals surface area contributed by atoms with Crippen LogP contribution in [0.1, 0.15) is 23.9 Å². The van der Waals surface area contributed by atoms with Gasteiger partial charge in [0.25, 0.3) is 0 Å². The van der Waals surface area contributed by atoms with Gasteiger partial charge in [0.15, 0.2) is 5.82 Å². The molecular weight excluding hydrogens is 310 g/mol. The van der Waals surface area contributed by atoms with Gasteiger partial charge in [-0.1, -0.05) is 5.16 Å². The van der Waals surface area contributed by atoms with Gasteiger partial charge in [0.2, 0.25) is 11.8 Å². The van der Waals surface area contributed by atoms with Crippen molar-refractivity contribution in [2.45, 2.75) is 32.5 Å². The molecule has 0 aromatic carbocycles. The fourth-order valence-electron chi connectivity index (χ4n) is 2.93. The van der Waals surface area contributed by atoms with Gasteiger partial charge in [-0.15, -0.1) is 0 Å². The zero-order valence-corrected chi connectivity index (χ0v) is 14.1. The molecule has 3 rings (SSSR count). The number of amides is 1. The van der Waals surface area contributed by atoms with Crippen LogP contribution in [-0.4, -0.2) is 58.6 Å². The van der Waals surface area contributed by atoms with Crippen molar-refractivity contribution in [1.82, 2.24) is 25.3 Å². The van der Waals surface area contributed by atoms with Crippen molar-refractivity contribution in [3.05, 3.63) is 35.9 Å². The second-order valence-electron chi connectivity index (χ2n) is 6.18. The minimum atomic E-state index is 0.0171. The van der Waals surface area contributed by atoms with Crippen LogP contribution in [0.5, 0.6) is 0 Å². The fraction of sp³-hybridized carbons (Fsp3) is 0.562. The third-order valence-electron chi connectivity index (χ3n) is 4.24. The first-order chi connectivity index (χ1) is 11.6. The van der Waals surface area contributed by atoms with Crippen molar-refractivity contribution in [1.29, 1.82) is 0 Å². The quantitative estimate of drug-likeness (QED) is 0.801. The van der Waals surface area contributed by atoms with Gasteiger partial charge in [-0.2, -0.15) is 4.98 Å². The highest BCUT2D eigenvalue weighted by atomic mass is 16.5. The van der Waals surface area contributed by atoms with E-state index in [1.807, 2.05) is 12.1 Å². The maximum atomic E-state index is 12.0. The molecule has 1 aliphatic heterocycles. The topological polar surface area (TPSA) is 87.6 Å². The number of carbonyl (C=O) groups excluding carboxylic acids is 1. The molecule has 0 spiro atoms. The summed E-state index contributed by atoms with van der Waals surface area (Å²) in [5.41, 5.74) is 0. The number of hydrogen-bond donors (Lipinski definition) is 1. The van der Waals surface area contributed by atoms with Crippen molar-refractivity contribution in [2.24, 2.45) is 0 Å². The van der Waals surface area contributed by atoms with E-state index >= 15 is 0 Å². The van der Waals surface area contributed by atoms with Crippen LogP contribution in [0.15, 0.2) is 27.3 Å². The Kier molecular flexibility index (Phi) is 5.27. The molecule has 1 saturated heterocycles. The first-order valence-electron chi connectivity index (χ1n) is 8.11. The molecule has 8 nitrogen and oxygen atoms in total. The molecule has 24 heavy (non-hydrogen) atoms. The lowest BCUT2D eigenvalue weighted by atomic mass is 10.2. The van der Waals surface area contributed by atoms with Crippen LogP contribution in [0.4, 0.5) is 0 Å². The molecule has 0 saturated carbocycles. The predicted octanol–water partition coefficient (Wildman–Crippen LogP) is 0.794. The molecule has 0 radical (unpaired) electrons. The minimum absolute atomic E-state index is 0.0171. The number of furan rings is 1. The van der Waals surface area contributed by atoms with Crippen molar-refractivity contribution in [3.8, 4) is 0 Å². The summed E-state index contributed by atoms with van der Waals surface area (Å²) in [6.45, 7) is 5.05. The smallest absolute Gasteiger partial charge is 0.234 e. The molecule has 1 aliphatic rings. The van der Waals surface area contributed by atoms with Crippen LogP contribution in [-0.2, 0) is 17.9 Å². The maximum absolute atomic E-state index is 12.0. The molecule has 1 amide bonds. The van der Waals surface area contributed by atoms with Crippen molar-refractivity contribution < 1.29 is 13.7 Å². The lowest BCUT2D eigenvalue weighted by molar-refractivity contribution is -0.122. The van der Waals surface area contributed by atoms with Crippen molar-refractivity contribution in [3.63, 3.8) is 0 Å². The van der Waals surface area contributed by atoms with E-state index in [0.29, 0.717) is 37.4 Å². The highest BCUT2D eigenvalue weighted by Gasteiger charge is 2.27. The van der Waals surface area contributed by atoms with Gasteiger partial charge in [0.1, 0.15) is 5.76 Å². The number of aryl methyl sites for hydroxylation is 1. The standard InChI is InChI=1S/C16H23N5O3/c1-12-18-15(19-24-12)10-20(2)13-5-6-21(9-13)11-16(22)17-8-14-4-3-7-23-14/h3-4,7,13H,5-6,8-11H2,1-2H3,(H,17,22)/t13-/m1/s1. The average Bonchev–Trinajstić information content (AvgIpc) is 3.27. The number of hydrogen-bond acceptors (Lipinski definition) is 7. The summed E-state index contributed by atoms with van der Waals surface area (Å²) < 4.78 is 10.2. The second-order valence-corrected chi connectivity index (χ2v) is 6.18. The number of likely N-dealkylation sites (N-methyl/N-ethyl adjacent to an activating group) is 1. The summed E-state index contributed by atoms with van der Waals surface area (Å²) in [6, 6.07) is 4.05. The number of nitrogens with one attached hydrogen (secondary N) is 1. The molecule has 1 N–H and O–H groups in total. The van der Waals surface area contributed by atoms with Gasteiger partial charge in [-0.3, -0.25) is 14.6 Å². The molecule has 2 aromatic rings. The Morgan fingerprint density at radius 3 is 3.12 bits per heavy atom. The van der Waals surface area contributed by atoms with E-state index in [2.05, 4.69) is 32.3 Å². The van der Waals surface area contributed by atoms with Crippen LogP contribution in [0.2, 0.25) is 0 Å². The Morgan fingerprint density at radius 2 is 2.42 bits per heavy atom. The number of nitrogens with zero attached hydrogens (tertiary/aromatic N) is 4.